The number of sulfonamides is 1. The van der Waals surface area contributed by atoms with Crippen LogP contribution in [0, 0.1) is 0 Å². The Morgan fingerprint density at radius 1 is 1.27 bits per heavy atom. The number of nitrogens with one attached hydrogen (secondary N) is 1. The molecule has 0 aliphatic carbocycles. The third-order valence-electron chi connectivity index (χ3n) is 3.28. The molecule has 7 nitrogen and oxygen atoms in total. The van der Waals surface area contributed by atoms with Gasteiger partial charge in [-0.05, 0) is 35.9 Å². The summed E-state index contributed by atoms with van der Waals surface area (Å²) in [5.74, 6) is 0.0685. The Morgan fingerprint density at radius 3 is 2.65 bits per heavy atom. The second-order valence-corrected chi connectivity index (χ2v) is 7.66. The molecule has 0 saturated heterocycles. The second kappa shape index (κ2) is 8.68. The van der Waals surface area contributed by atoms with E-state index in [0.29, 0.717) is 16.5 Å². The molecule has 2 aromatic rings. The van der Waals surface area contributed by atoms with Crippen LogP contribution in [0.3, 0.4) is 0 Å². The fraction of sp³-hybridized carbons (Fsp3) is 0.176. The van der Waals surface area contributed by atoms with Crippen LogP contribution in [0.2, 0.25) is 5.02 Å². The van der Waals surface area contributed by atoms with Crippen LogP contribution in [0.25, 0.3) is 0 Å². The van der Waals surface area contributed by atoms with E-state index in [9.17, 15) is 13.2 Å². The minimum absolute atomic E-state index is 0.298. The van der Waals surface area contributed by atoms with Gasteiger partial charge in [0, 0.05) is 5.02 Å². The predicted molar refractivity (Wildman–Crippen MR) is 102 cm³/mol. The number of halogens is 1. The molecule has 0 fully saturated rings. The van der Waals surface area contributed by atoms with Gasteiger partial charge in [0.05, 0.1) is 25.3 Å². The van der Waals surface area contributed by atoms with Crippen molar-refractivity contribution in [2.45, 2.75) is 0 Å². The molecule has 0 bridgehead atoms. The van der Waals surface area contributed by atoms with Crippen molar-refractivity contribution in [1.29, 1.82) is 0 Å². The summed E-state index contributed by atoms with van der Waals surface area (Å²) in [6.45, 7) is -0.422. The normalized spacial score (nSPS) is 11.3. The zero-order valence-corrected chi connectivity index (χ0v) is 15.8. The summed E-state index contributed by atoms with van der Waals surface area (Å²) in [7, 11) is -2.12. The quantitative estimate of drug-likeness (QED) is 0.575. The van der Waals surface area contributed by atoms with Crippen LogP contribution in [0.4, 0.5) is 5.69 Å². The molecule has 0 saturated carbocycles. The zero-order chi connectivity index (χ0) is 19.2. The topological polar surface area (TPSA) is 88.1 Å². The molecular formula is C17H18ClN3O4S. The maximum Gasteiger partial charge on any atom is 0.260 e. The predicted octanol–water partition coefficient (Wildman–Crippen LogP) is 2.26. The number of hydrogen-bond donors (Lipinski definition) is 1. The summed E-state index contributed by atoms with van der Waals surface area (Å²) in [6.07, 6.45) is 2.45. The van der Waals surface area contributed by atoms with Crippen molar-refractivity contribution in [1.82, 2.24) is 5.43 Å². The van der Waals surface area contributed by atoms with Crippen molar-refractivity contribution >= 4 is 39.4 Å². The lowest BCUT2D eigenvalue weighted by Gasteiger charge is -2.21. The first-order valence-electron chi connectivity index (χ1n) is 7.49. The van der Waals surface area contributed by atoms with E-state index in [1.807, 2.05) is 0 Å². The maximum absolute atomic E-state index is 12.1. The Labute approximate surface area is 157 Å². The SMILES string of the molecule is COc1cccc(/C=N\NC(=O)CN(c2cccc(Cl)c2)S(C)(=O)=O)c1. The lowest BCUT2D eigenvalue weighted by molar-refractivity contribution is -0.119. The smallest absolute Gasteiger partial charge is 0.260 e. The number of amides is 1. The number of carbonyl (C=O) groups excluding carboxylic acids is 1. The fourth-order valence-corrected chi connectivity index (χ4v) is 3.13. The monoisotopic (exact) mass is 395 g/mol. The van der Waals surface area contributed by atoms with Gasteiger partial charge in [-0.3, -0.25) is 9.10 Å². The van der Waals surface area contributed by atoms with E-state index in [0.717, 1.165) is 16.1 Å². The molecule has 1 N–H and O–H groups in total. The molecule has 0 atom stereocenters. The van der Waals surface area contributed by atoms with Crippen LogP contribution in [-0.2, 0) is 14.8 Å². The van der Waals surface area contributed by atoms with Crippen molar-refractivity contribution in [2.75, 3.05) is 24.2 Å². The number of nitrogens with zero attached hydrogens (tertiary/aromatic N) is 2. The number of ether oxygens (including phenoxy) is 1. The Bertz CT molecular complexity index is 916. The van der Waals surface area contributed by atoms with E-state index in [1.165, 1.54) is 12.3 Å². The first-order valence-corrected chi connectivity index (χ1v) is 9.71. The molecular weight excluding hydrogens is 378 g/mol. The molecule has 26 heavy (non-hydrogen) atoms. The number of rotatable bonds is 7. The zero-order valence-electron chi connectivity index (χ0n) is 14.2. The van der Waals surface area contributed by atoms with Crippen LogP contribution < -0.4 is 14.5 Å². The van der Waals surface area contributed by atoms with Crippen molar-refractivity contribution < 1.29 is 17.9 Å². The van der Waals surface area contributed by atoms with Crippen LogP contribution in [0.5, 0.6) is 5.75 Å². The highest BCUT2D eigenvalue weighted by molar-refractivity contribution is 7.92. The average Bonchev–Trinajstić information content (AvgIpc) is 2.59. The fourth-order valence-electron chi connectivity index (χ4n) is 2.10. The van der Waals surface area contributed by atoms with Crippen LogP contribution in [0.1, 0.15) is 5.56 Å². The molecule has 0 radical (unpaired) electrons. The Kier molecular flexibility index (Phi) is 6.59. The summed E-state index contributed by atoms with van der Waals surface area (Å²) in [5.41, 5.74) is 3.33. The molecule has 2 aromatic carbocycles. The molecule has 138 valence electrons. The highest BCUT2D eigenvalue weighted by atomic mass is 35.5. The third-order valence-corrected chi connectivity index (χ3v) is 4.66. The van der Waals surface area contributed by atoms with Gasteiger partial charge in [0.2, 0.25) is 10.0 Å². The van der Waals surface area contributed by atoms with Gasteiger partial charge in [0.25, 0.3) is 5.91 Å². The average molecular weight is 396 g/mol. The largest absolute Gasteiger partial charge is 0.497 e. The highest BCUT2D eigenvalue weighted by Gasteiger charge is 2.20. The van der Waals surface area contributed by atoms with E-state index >= 15 is 0 Å². The number of hydrogen-bond acceptors (Lipinski definition) is 5. The maximum atomic E-state index is 12.1. The molecule has 0 spiro atoms. The third kappa shape index (κ3) is 5.75. The number of anilines is 1. The van der Waals surface area contributed by atoms with Gasteiger partial charge in [-0.25, -0.2) is 13.8 Å². The number of carbonyl (C=O) groups is 1. The van der Waals surface area contributed by atoms with E-state index in [1.54, 1.807) is 49.6 Å². The standard InChI is InChI=1S/C17H18ClN3O4S/c1-25-16-8-3-5-13(9-16)11-19-20-17(22)12-21(26(2,23)24)15-7-4-6-14(18)10-15/h3-11H,12H2,1-2H3,(H,20,22)/b19-11-. The summed E-state index contributed by atoms with van der Waals surface area (Å²) in [4.78, 5) is 12.1. The molecule has 1 amide bonds. The summed E-state index contributed by atoms with van der Waals surface area (Å²) >= 11 is 5.90. The number of methoxy groups -OCH3 is 1. The van der Waals surface area contributed by atoms with Crippen molar-refractivity contribution in [2.24, 2.45) is 5.10 Å². The molecule has 2 rings (SSSR count). The van der Waals surface area contributed by atoms with Crippen molar-refractivity contribution in [3.63, 3.8) is 0 Å². The minimum Gasteiger partial charge on any atom is -0.497 e. The van der Waals surface area contributed by atoms with Crippen molar-refractivity contribution in [3.8, 4) is 5.75 Å². The Hall–Kier alpha value is -2.58. The van der Waals surface area contributed by atoms with Crippen LogP contribution in [0.15, 0.2) is 53.6 Å². The van der Waals surface area contributed by atoms with Gasteiger partial charge >= 0.3 is 0 Å². The molecule has 9 heteroatoms. The van der Waals surface area contributed by atoms with E-state index < -0.39 is 22.5 Å². The van der Waals surface area contributed by atoms with Gasteiger partial charge < -0.3 is 4.74 Å². The number of benzene rings is 2. The molecule has 0 heterocycles. The van der Waals surface area contributed by atoms with Crippen LogP contribution in [-0.4, -0.2) is 40.4 Å². The van der Waals surface area contributed by atoms with Gasteiger partial charge in [0.15, 0.2) is 0 Å². The Balaban J connectivity index is 2.07. The summed E-state index contributed by atoms with van der Waals surface area (Å²) in [6, 6.07) is 13.3. The first kappa shape index (κ1) is 19.7. The summed E-state index contributed by atoms with van der Waals surface area (Å²) < 4.78 is 30.0. The molecule has 0 aliphatic rings. The van der Waals surface area contributed by atoms with Gasteiger partial charge in [-0.2, -0.15) is 5.10 Å². The molecule has 0 aliphatic heterocycles. The van der Waals surface area contributed by atoms with Crippen LogP contribution >= 0.6 is 11.6 Å². The highest BCUT2D eigenvalue weighted by Crippen LogP contribution is 2.21. The van der Waals surface area contributed by atoms with Gasteiger partial charge in [-0.15, -0.1) is 0 Å². The van der Waals surface area contributed by atoms with E-state index in [2.05, 4.69) is 10.5 Å². The first-order chi connectivity index (χ1) is 12.3. The second-order valence-electron chi connectivity index (χ2n) is 5.32. The molecule has 0 unspecified atom stereocenters. The summed E-state index contributed by atoms with van der Waals surface area (Å²) in [5, 5.41) is 4.20. The Morgan fingerprint density at radius 2 is 2.00 bits per heavy atom. The van der Waals surface area contributed by atoms with Gasteiger partial charge in [-0.1, -0.05) is 29.8 Å². The van der Waals surface area contributed by atoms with Gasteiger partial charge in [0.1, 0.15) is 12.3 Å². The lowest BCUT2D eigenvalue weighted by atomic mass is 10.2. The van der Waals surface area contributed by atoms with E-state index in [4.69, 9.17) is 16.3 Å². The van der Waals surface area contributed by atoms with E-state index in [-0.39, 0.29) is 0 Å². The number of hydrazone groups is 1. The van der Waals surface area contributed by atoms with Crippen molar-refractivity contribution in [3.05, 3.63) is 59.1 Å². The minimum atomic E-state index is -3.67. The molecule has 0 aromatic heterocycles. The lowest BCUT2D eigenvalue weighted by Crippen LogP contribution is -2.39.